The Kier molecular flexibility index (Phi) is 6.41. The molecule has 0 saturated carbocycles. The van der Waals surface area contributed by atoms with Crippen LogP contribution in [0, 0.1) is 11.3 Å². The van der Waals surface area contributed by atoms with Gasteiger partial charge in [0.25, 0.3) is 5.41 Å². The third kappa shape index (κ3) is 4.13. The SMILES string of the molecule is N#CC1=C(C(F)(F)C(F)(P)C(F)(F)F)C=C(c2ccccc2)N(Cc2ccccc2)C1O. The number of rotatable bonds is 5. The number of hydrogen-bond acceptors (Lipinski definition) is 3. The van der Waals surface area contributed by atoms with Gasteiger partial charge in [0.05, 0.1) is 11.6 Å². The molecule has 0 amide bonds. The summed E-state index contributed by atoms with van der Waals surface area (Å²) in [6.07, 6.45) is -7.36. The Hall–Kier alpha value is -2.82. The maximum Gasteiger partial charge on any atom is 0.432 e. The fourth-order valence-corrected chi connectivity index (χ4v) is 3.44. The molecule has 3 unspecified atom stereocenters. The Morgan fingerprint density at radius 3 is 1.97 bits per heavy atom. The van der Waals surface area contributed by atoms with Gasteiger partial charge in [-0.1, -0.05) is 69.9 Å². The topological polar surface area (TPSA) is 47.3 Å². The fourth-order valence-electron chi connectivity index (χ4n) is 3.29. The molecular weight excluding hydrogens is 453 g/mol. The molecule has 168 valence electrons. The molecule has 3 nitrogen and oxygen atoms in total. The van der Waals surface area contributed by atoms with Gasteiger partial charge in [0, 0.05) is 17.8 Å². The first-order valence-electron chi connectivity index (χ1n) is 9.24. The number of halogens is 6. The molecule has 2 aromatic carbocycles. The highest BCUT2D eigenvalue weighted by molar-refractivity contribution is 7.19. The largest absolute Gasteiger partial charge is 0.432 e. The summed E-state index contributed by atoms with van der Waals surface area (Å²) < 4.78 is 83.6. The van der Waals surface area contributed by atoms with Gasteiger partial charge >= 0.3 is 12.1 Å². The third-order valence-electron chi connectivity index (χ3n) is 5.03. The van der Waals surface area contributed by atoms with Crippen molar-refractivity contribution in [3.63, 3.8) is 0 Å². The van der Waals surface area contributed by atoms with Gasteiger partial charge in [0.2, 0.25) is 0 Å². The summed E-state index contributed by atoms with van der Waals surface area (Å²) in [7, 11) is 0.496. The van der Waals surface area contributed by atoms with Crippen molar-refractivity contribution in [2.45, 2.75) is 30.3 Å². The van der Waals surface area contributed by atoms with Crippen molar-refractivity contribution in [2.24, 2.45) is 0 Å². The van der Waals surface area contributed by atoms with Crippen LogP contribution in [0.1, 0.15) is 11.1 Å². The summed E-state index contributed by atoms with van der Waals surface area (Å²) in [6.45, 7) is -0.0479. The van der Waals surface area contributed by atoms with E-state index in [4.69, 9.17) is 0 Å². The number of hydrogen-bond donors (Lipinski definition) is 1. The van der Waals surface area contributed by atoms with E-state index in [9.17, 15) is 36.7 Å². The van der Waals surface area contributed by atoms with E-state index in [1.165, 1.54) is 23.1 Å². The second kappa shape index (κ2) is 8.61. The van der Waals surface area contributed by atoms with Crippen molar-refractivity contribution in [2.75, 3.05) is 0 Å². The first kappa shape index (κ1) is 23.8. The summed E-state index contributed by atoms with van der Waals surface area (Å²) in [4.78, 5) is 1.19. The average molecular weight is 470 g/mol. The van der Waals surface area contributed by atoms with Crippen molar-refractivity contribution >= 4 is 14.9 Å². The molecule has 2 aromatic rings. The zero-order chi connectivity index (χ0) is 23.7. The Labute approximate surface area is 182 Å². The predicted octanol–water partition coefficient (Wildman–Crippen LogP) is 5.42. The summed E-state index contributed by atoms with van der Waals surface area (Å²) >= 11 is 0. The van der Waals surface area contributed by atoms with E-state index in [2.05, 4.69) is 0 Å². The molecule has 3 atom stereocenters. The standard InChI is InChI=1S/C22H17F6N2OP/c23-20(24,21(25,32)22(26,27)28)17-11-18(15-9-5-2-6-10-15)30(19(31)16(17)12-29)13-14-7-3-1-4-8-14/h1-11,19,31H,13,32H2. The van der Waals surface area contributed by atoms with Crippen LogP contribution in [-0.4, -0.2) is 33.7 Å². The molecule has 0 radical (unpaired) electrons. The van der Waals surface area contributed by atoms with Crippen LogP contribution >= 0.6 is 9.24 Å². The molecule has 0 saturated heterocycles. The molecule has 1 aliphatic heterocycles. The van der Waals surface area contributed by atoms with Gasteiger partial charge in [-0.05, 0) is 17.2 Å². The van der Waals surface area contributed by atoms with Crippen LogP contribution in [-0.2, 0) is 6.54 Å². The number of alkyl halides is 6. The second-order valence-corrected chi connectivity index (χ2v) is 7.90. The minimum Gasteiger partial charge on any atom is -0.369 e. The molecular formula is C22H17F6N2OP. The van der Waals surface area contributed by atoms with E-state index in [0.29, 0.717) is 20.9 Å². The van der Waals surface area contributed by atoms with E-state index < -0.39 is 34.9 Å². The van der Waals surface area contributed by atoms with E-state index in [0.717, 1.165) is 0 Å². The van der Waals surface area contributed by atoms with Gasteiger partial charge in [-0.15, -0.1) is 0 Å². The number of nitriles is 1. The van der Waals surface area contributed by atoms with Crippen LogP contribution < -0.4 is 0 Å². The Morgan fingerprint density at radius 1 is 0.938 bits per heavy atom. The highest BCUT2D eigenvalue weighted by Gasteiger charge is 2.70. The number of nitrogens with zero attached hydrogens (tertiary/aromatic N) is 2. The molecule has 32 heavy (non-hydrogen) atoms. The van der Waals surface area contributed by atoms with Crippen LogP contribution in [0.5, 0.6) is 0 Å². The van der Waals surface area contributed by atoms with Crippen LogP contribution in [0.15, 0.2) is 77.9 Å². The van der Waals surface area contributed by atoms with Gasteiger partial charge in [-0.3, -0.25) is 0 Å². The average Bonchev–Trinajstić information content (AvgIpc) is 2.75. The van der Waals surface area contributed by atoms with Gasteiger partial charge in [0.15, 0.2) is 6.23 Å². The quantitative estimate of drug-likeness (QED) is 0.469. The van der Waals surface area contributed by atoms with E-state index in [1.54, 1.807) is 48.5 Å². The first-order chi connectivity index (χ1) is 14.9. The zero-order valence-electron chi connectivity index (χ0n) is 16.3. The van der Waals surface area contributed by atoms with Crippen molar-refractivity contribution in [3.05, 3.63) is 89.0 Å². The van der Waals surface area contributed by atoms with Gasteiger partial charge in [-0.25, -0.2) is 4.39 Å². The number of aliphatic hydroxyl groups is 1. The monoisotopic (exact) mass is 470 g/mol. The number of allylic oxidation sites excluding steroid dienone is 2. The highest BCUT2D eigenvalue weighted by Crippen LogP contribution is 2.55. The second-order valence-electron chi connectivity index (χ2n) is 7.11. The molecule has 0 aromatic heterocycles. The van der Waals surface area contributed by atoms with Crippen LogP contribution in [0.25, 0.3) is 5.70 Å². The predicted molar refractivity (Wildman–Crippen MR) is 110 cm³/mol. The summed E-state index contributed by atoms with van der Waals surface area (Å²) in [5.41, 5.74) is -1.77. The van der Waals surface area contributed by atoms with Gasteiger partial charge < -0.3 is 10.0 Å². The smallest absolute Gasteiger partial charge is 0.369 e. The molecule has 0 bridgehead atoms. The van der Waals surface area contributed by atoms with Crippen LogP contribution in [0.3, 0.4) is 0 Å². The zero-order valence-corrected chi connectivity index (χ0v) is 17.5. The fraction of sp³-hybridized carbons (Fsp3) is 0.227. The maximum atomic E-state index is 14.9. The first-order valence-corrected chi connectivity index (χ1v) is 9.82. The highest BCUT2D eigenvalue weighted by atomic mass is 31.0. The Bertz CT molecular complexity index is 1080. The molecule has 0 fully saturated rings. The summed E-state index contributed by atoms with van der Waals surface area (Å²) in [5, 5.41) is 15.2. The molecule has 0 aliphatic carbocycles. The van der Waals surface area contributed by atoms with Crippen LogP contribution in [0.2, 0.25) is 0 Å². The number of aliphatic hydroxyl groups excluding tert-OH is 1. The maximum absolute atomic E-state index is 14.9. The Morgan fingerprint density at radius 2 is 1.47 bits per heavy atom. The summed E-state index contributed by atoms with van der Waals surface area (Å²) in [5.74, 6) is -5.18. The lowest BCUT2D eigenvalue weighted by Crippen LogP contribution is -2.53. The molecule has 3 rings (SSSR count). The lowest BCUT2D eigenvalue weighted by molar-refractivity contribution is -0.251. The van der Waals surface area contributed by atoms with Crippen molar-refractivity contribution in [3.8, 4) is 6.07 Å². The van der Waals surface area contributed by atoms with E-state index >= 15 is 0 Å². The molecule has 1 N–H and O–H groups in total. The minimum atomic E-state index is -5.96. The van der Waals surface area contributed by atoms with Crippen molar-refractivity contribution in [1.29, 1.82) is 5.26 Å². The lowest BCUT2D eigenvalue weighted by atomic mass is 9.90. The van der Waals surface area contributed by atoms with E-state index in [1.807, 2.05) is 0 Å². The molecule has 10 heteroatoms. The van der Waals surface area contributed by atoms with Crippen molar-refractivity contribution in [1.82, 2.24) is 4.90 Å². The van der Waals surface area contributed by atoms with Gasteiger partial charge in [0.1, 0.15) is 0 Å². The van der Waals surface area contributed by atoms with Crippen LogP contribution in [0.4, 0.5) is 26.3 Å². The molecule has 0 spiro atoms. The third-order valence-corrected chi connectivity index (χ3v) is 5.72. The number of benzene rings is 2. The molecule has 1 heterocycles. The minimum absolute atomic E-state index is 0.0479. The Balaban J connectivity index is 2.21. The van der Waals surface area contributed by atoms with E-state index in [-0.39, 0.29) is 17.8 Å². The van der Waals surface area contributed by atoms with Gasteiger partial charge in [-0.2, -0.15) is 27.2 Å². The molecule has 1 aliphatic rings. The normalized spacial score (nSPS) is 19.3. The van der Waals surface area contributed by atoms with Crippen molar-refractivity contribution < 1.29 is 31.4 Å². The summed E-state index contributed by atoms with van der Waals surface area (Å²) in [6, 6.07) is 17.6. The lowest BCUT2D eigenvalue weighted by Gasteiger charge is -2.40.